The van der Waals surface area contributed by atoms with Crippen molar-refractivity contribution < 1.29 is 23.9 Å². The minimum Gasteiger partial charge on any atom is -0.490 e. The molecule has 40 heavy (non-hydrogen) atoms. The summed E-state index contributed by atoms with van der Waals surface area (Å²) in [5.41, 5.74) is 2.32. The summed E-state index contributed by atoms with van der Waals surface area (Å²) in [6.45, 7) is 3.51. The maximum atomic E-state index is 13.4. The molecule has 0 spiro atoms. The fourth-order valence-corrected chi connectivity index (χ4v) is 5.46. The molecule has 1 fully saturated rings. The van der Waals surface area contributed by atoms with Crippen LogP contribution in [0.2, 0.25) is 0 Å². The topological polar surface area (TPSA) is 104 Å². The Kier molecular flexibility index (Phi) is 10.3. The van der Waals surface area contributed by atoms with E-state index in [-0.39, 0.29) is 18.2 Å². The monoisotopic (exact) mass is 625 g/mol. The van der Waals surface area contributed by atoms with E-state index >= 15 is 0 Å². The fourth-order valence-electron chi connectivity index (χ4n) is 3.86. The normalized spacial score (nSPS) is 15.2. The highest BCUT2D eigenvalue weighted by Crippen LogP contribution is 2.40. The third kappa shape index (κ3) is 7.50. The quantitative estimate of drug-likeness (QED) is 0.0926. The van der Waals surface area contributed by atoms with Crippen LogP contribution in [-0.2, 0) is 16.1 Å². The molecule has 1 amide bonds. The Labute approximate surface area is 245 Å². The highest BCUT2D eigenvalue weighted by Gasteiger charge is 2.33. The number of nitrogens with zero attached hydrogens (tertiary/aromatic N) is 3. The second-order valence-electron chi connectivity index (χ2n) is 8.62. The molecule has 0 bridgehead atoms. The van der Waals surface area contributed by atoms with Gasteiger partial charge in [-0.2, -0.15) is 0 Å². The predicted molar refractivity (Wildman–Crippen MR) is 160 cm³/mol. The number of amides is 1. The lowest BCUT2D eigenvalue weighted by Crippen LogP contribution is -2.30. The first kappa shape index (κ1) is 29.3. The minimum atomic E-state index is -0.440. The molecule has 1 aliphatic heterocycles. The van der Waals surface area contributed by atoms with Gasteiger partial charge in [0, 0.05) is 32.4 Å². The number of carbonyl (C=O) groups excluding carboxylic acids is 1. The largest absolute Gasteiger partial charge is 0.490 e. The molecule has 11 heteroatoms. The summed E-state index contributed by atoms with van der Waals surface area (Å²) in [5, 5.41) is 11.5. The second-order valence-corrected chi connectivity index (χ2v) is 10.5. The van der Waals surface area contributed by atoms with Gasteiger partial charge in [-0.3, -0.25) is 19.8 Å². The van der Waals surface area contributed by atoms with Gasteiger partial charge in [-0.25, -0.2) is 4.99 Å². The van der Waals surface area contributed by atoms with Crippen LogP contribution in [-0.4, -0.2) is 47.8 Å². The van der Waals surface area contributed by atoms with E-state index in [0.717, 1.165) is 16.8 Å². The Morgan fingerprint density at radius 3 is 2.52 bits per heavy atom. The van der Waals surface area contributed by atoms with Crippen molar-refractivity contribution in [1.29, 1.82) is 0 Å². The minimum absolute atomic E-state index is 0.0193. The molecule has 1 saturated heterocycles. The molecular formula is C29H28BrN3O6S. The van der Waals surface area contributed by atoms with Gasteiger partial charge in [-0.1, -0.05) is 18.2 Å². The van der Waals surface area contributed by atoms with Gasteiger partial charge in [0.15, 0.2) is 16.7 Å². The zero-order valence-electron chi connectivity index (χ0n) is 22.0. The first-order valence-corrected chi connectivity index (χ1v) is 14.2. The number of halogens is 1. The number of thioether (sulfide) groups is 1. The Balaban J connectivity index is 1.59. The summed E-state index contributed by atoms with van der Waals surface area (Å²) in [6.07, 6.45) is 2.50. The summed E-state index contributed by atoms with van der Waals surface area (Å²) < 4.78 is 17.7. The number of non-ortho nitro benzene ring substituents is 1. The molecule has 0 aromatic heterocycles. The third-order valence-corrected chi connectivity index (χ3v) is 7.35. The van der Waals surface area contributed by atoms with E-state index < -0.39 is 4.92 Å². The molecule has 3 aromatic carbocycles. The number of carbonyl (C=O) groups is 1. The maximum absolute atomic E-state index is 13.4. The van der Waals surface area contributed by atoms with E-state index in [2.05, 4.69) is 15.9 Å². The molecule has 0 atom stereocenters. The molecule has 208 valence electrons. The van der Waals surface area contributed by atoms with Crippen molar-refractivity contribution in [2.75, 3.05) is 26.9 Å². The molecule has 3 aromatic rings. The van der Waals surface area contributed by atoms with Crippen molar-refractivity contribution in [2.45, 2.75) is 20.0 Å². The summed E-state index contributed by atoms with van der Waals surface area (Å²) in [6, 6.07) is 19.4. The number of benzene rings is 3. The van der Waals surface area contributed by atoms with E-state index in [1.165, 1.54) is 23.9 Å². The number of amidine groups is 1. The van der Waals surface area contributed by atoms with E-state index in [1.807, 2.05) is 55.5 Å². The molecule has 1 heterocycles. The van der Waals surface area contributed by atoms with Gasteiger partial charge >= 0.3 is 0 Å². The fraction of sp³-hybridized carbons (Fsp3) is 0.241. The van der Waals surface area contributed by atoms with Crippen LogP contribution in [0, 0.1) is 10.1 Å². The zero-order chi connectivity index (χ0) is 28.5. The maximum Gasteiger partial charge on any atom is 0.269 e. The van der Waals surface area contributed by atoms with Gasteiger partial charge in [0.25, 0.3) is 11.6 Å². The number of hydrogen-bond acceptors (Lipinski definition) is 8. The molecular weight excluding hydrogens is 598 g/mol. The lowest BCUT2D eigenvalue weighted by molar-refractivity contribution is -0.384. The molecule has 0 unspecified atom stereocenters. The molecule has 9 nitrogen and oxygen atoms in total. The van der Waals surface area contributed by atoms with Crippen molar-refractivity contribution in [2.24, 2.45) is 4.99 Å². The van der Waals surface area contributed by atoms with Crippen LogP contribution in [0.25, 0.3) is 6.08 Å². The lowest BCUT2D eigenvalue weighted by Gasteiger charge is -2.15. The van der Waals surface area contributed by atoms with Gasteiger partial charge in [0.05, 0.1) is 26.6 Å². The number of ether oxygens (including phenoxy) is 3. The zero-order valence-corrected chi connectivity index (χ0v) is 24.4. The second kappa shape index (κ2) is 14.1. The predicted octanol–water partition coefficient (Wildman–Crippen LogP) is 6.98. The molecule has 4 rings (SSSR count). The van der Waals surface area contributed by atoms with E-state index in [4.69, 9.17) is 19.2 Å². The Morgan fingerprint density at radius 2 is 1.85 bits per heavy atom. The Bertz CT molecular complexity index is 1410. The number of hydrogen-bond donors (Lipinski definition) is 0. The molecule has 0 saturated carbocycles. The summed E-state index contributed by atoms with van der Waals surface area (Å²) in [4.78, 5) is 30.8. The van der Waals surface area contributed by atoms with Crippen molar-refractivity contribution in [3.8, 4) is 11.5 Å². The first-order valence-electron chi connectivity index (χ1n) is 12.6. The lowest BCUT2D eigenvalue weighted by atomic mass is 10.1. The van der Waals surface area contributed by atoms with Crippen molar-refractivity contribution in [3.05, 3.63) is 97.3 Å². The number of methoxy groups -OCH3 is 1. The highest BCUT2D eigenvalue weighted by atomic mass is 79.9. The summed E-state index contributed by atoms with van der Waals surface area (Å²) in [7, 11) is 1.64. The highest BCUT2D eigenvalue weighted by molar-refractivity contribution is 9.10. The van der Waals surface area contributed by atoms with Crippen LogP contribution >= 0.6 is 27.7 Å². The van der Waals surface area contributed by atoms with Crippen LogP contribution in [0.4, 0.5) is 11.4 Å². The molecule has 0 aliphatic carbocycles. The van der Waals surface area contributed by atoms with Gasteiger partial charge in [-0.15, -0.1) is 0 Å². The molecule has 0 N–H and O–H groups in total. The van der Waals surface area contributed by atoms with Crippen LogP contribution < -0.4 is 9.47 Å². The third-order valence-electron chi connectivity index (χ3n) is 5.76. The average Bonchev–Trinajstić information content (AvgIpc) is 3.22. The average molecular weight is 627 g/mol. The van der Waals surface area contributed by atoms with Crippen LogP contribution in [0.5, 0.6) is 11.5 Å². The summed E-state index contributed by atoms with van der Waals surface area (Å²) >= 11 is 4.91. The van der Waals surface area contributed by atoms with Gasteiger partial charge < -0.3 is 14.2 Å². The smallest absolute Gasteiger partial charge is 0.269 e. The van der Waals surface area contributed by atoms with E-state index in [9.17, 15) is 14.9 Å². The van der Waals surface area contributed by atoms with Crippen molar-refractivity contribution in [1.82, 2.24) is 4.90 Å². The number of nitro groups is 1. The van der Waals surface area contributed by atoms with Crippen LogP contribution in [0.1, 0.15) is 24.5 Å². The standard InChI is InChI=1S/C29H28BrN3O6S/c1-3-38-25-17-21(16-24(30)27(25)39-19-20-10-12-23(13-11-20)33(35)36)18-26-28(34)32(14-7-15-37-2)29(40-26)31-22-8-5-4-6-9-22/h4-6,8-13,16-18H,3,7,14-15,19H2,1-2H3/b26-18-,31-29?. The van der Waals surface area contributed by atoms with Crippen LogP contribution in [0.15, 0.2) is 81.1 Å². The van der Waals surface area contributed by atoms with Gasteiger partial charge in [0.2, 0.25) is 0 Å². The Hall–Kier alpha value is -3.67. The van der Waals surface area contributed by atoms with Gasteiger partial charge in [-0.05, 0) is 94.6 Å². The van der Waals surface area contributed by atoms with Gasteiger partial charge in [0.1, 0.15) is 6.61 Å². The number of para-hydroxylation sites is 1. The molecule has 1 aliphatic rings. The van der Waals surface area contributed by atoms with Crippen molar-refractivity contribution in [3.63, 3.8) is 0 Å². The molecule has 0 radical (unpaired) electrons. The number of rotatable bonds is 12. The first-order chi connectivity index (χ1) is 19.4. The summed E-state index contributed by atoms with van der Waals surface area (Å²) in [5.74, 6) is 0.889. The van der Waals surface area contributed by atoms with E-state index in [0.29, 0.717) is 52.2 Å². The number of nitro benzene ring substituents is 1. The Morgan fingerprint density at radius 1 is 1.10 bits per heavy atom. The van der Waals surface area contributed by atoms with Crippen LogP contribution in [0.3, 0.4) is 0 Å². The van der Waals surface area contributed by atoms with E-state index in [1.54, 1.807) is 24.1 Å². The van der Waals surface area contributed by atoms with Crippen molar-refractivity contribution >= 4 is 56.2 Å². The number of aliphatic imine (C=N–C) groups is 1. The SMILES string of the molecule is CCOc1cc(/C=C2\SC(=Nc3ccccc3)N(CCCOC)C2=O)cc(Br)c1OCc1ccc([N+](=O)[O-])cc1.